The van der Waals surface area contributed by atoms with Gasteiger partial charge in [0.2, 0.25) is 0 Å². The van der Waals surface area contributed by atoms with Gasteiger partial charge >= 0.3 is 0 Å². The minimum absolute atomic E-state index is 0.112. The normalized spacial score (nSPS) is 31.7. The van der Waals surface area contributed by atoms with E-state index in [1.165, 1.54) is 0 Å². The van der Waals surface area contributed by atoms with Gasteiger partial charge in [0.25, 0.3) is 0 Å². The van der Waals surface area contributed by atoms with Gasteiger partial charge in [0.15, 0.2) is 5.79 Å². The molecule has 2 aliphatic rings. The van der Waals surface area contributed by atoms with Crippen LogP contribution in [0.25, 0.3) is 0 Å². The standard InChI is InChI=1S/C15H29NO2/c1-7-12-8-17-15(18-9-12)10-13(2,3)16(6)14(4,5)11-15/h12H,7-11H2,1-6H3. The molecule has 2 heterocycles. The Kier molecular flexibility index (Phi) is 3.54. The first kappa shape index (κ1) is 14.3. The van der Waals surface area contributed by atoms with Gasteiger partial charge in [0.05, 0.1) is 13.2 Å². The van der Waals surface area contributed by atoms with Crippen LogP contribution in [0.3, 0.4) is 0 Å². The van der Waals surface area contributed by atoms with Crippen molar-refractivity contribution in [3.63, 3.8) is 0 Å². The molecule has 106 valence electrons. The lowest BCUT2D eigenvalue weighted by Crippen LogP contribution is -2.66. The van der Waals surface area contributed by atoms with Crippen molar-refractivity contribution in [3.05, 3.63) is 0 Å². The Morgan fingerprint density at radius 2 is 1.44 bits per heavy atom. The van der Waals surface area contributed by atoms with Gasteiger partial charge in [-0.3, -0.25) is 4.90 Å². The Hall–Kier alpha value is -0.120. The fourth-order valence-electron chi connectivity index (χ4n) is 3.51. The second kappa shape index (κ2) is 4.46. The summed E-state index contributed by atoms with van der Waals surface area (Å²) < 4.78 is 12.4. The Bertz CT molecular complexity index is 284. The van der Waals surface area contributed by atoms with Crippen molar-refractivity contribution < 1.29 is 9.47 Å². The minimum Gasteiger partial charge on any atom is -0.349 e. The molecule has 2 fully saturated rings. The summed E-state index contributed by atoms with van der Waals surface area (Å²) in [7, 11) is 2.21. The summed E-state index contributed by atoms with van der Waals surface area (Å²) >= 11 is 0. The first-order valence-electron chi connectivity index (χ1n) is 7.23. The van der Waals surface area contributed by atoms with Gasteiger partial charge in [-0.05, 0) is 41.2 Å². The number of ether oxygens (including phenoxy) is 2. The van der Waals surface area contributed by atoms with Crippen LogP contribution in [0, 0.1) is 5.92 Å². The summed E-state index contributed by atoms with van der Waals surface area (Å²) in [5.74, 6) is 0.215. The van der Waals surface area contributed by atoms with E-state index >= 15 is 0 Å². The lowest BCUT2D eigenvalue weighted by Gasteiger charge is -2.58. The van der Waals surface area contributed by atoms with Crippen molar-refractivity contribution in [2.75, 3.05) is 20.3 Å². The molecule has 2 saturated heterocycles. The molecule has 1 spiro atoms. The van der Waals surface area contributed by atoms with Gasteiger partial charge in [-0.15, -0.1) is 0 Å². The Labute approximate surface area is 112 Å². The average Bonchev–Trinajstić information content (AvgIpc) is 2.26. The molecule has 0 atom stereocenters. The van der Waals surface area contributed by atoms with E-state index in [4.69, 9.17) is 9.47 Å². The van der Waals surface area contributed by atoms with Crippen LogP contribution in [0.15, 0.2) is 0 Å². The van der Waals surface area contributed by atoms with E-state index in [0.29, 0.717) is 5.92 Å². The zero-order valence-electron chi connectivity index (χ0n) is 12.9. The number of piperidine rings is 1. The van der Waals surface area contributed by atoms with Gasteiger partial charge in [-0.1, -0.05) is 6.92 Å². The van der Waals surface area contributed by atoms with Crippen LogP contribution in [-0.4, -0.2) is 42.0 Å². The molecule has 2 aliphatic heterocycles. The van der Waals surface area contributed by atoms with E-state index in [1.807, 2.05) is 0 Å². The number of hydrogen-bond acceptors (Lipinski definition) is 3. The zero-order chi connectivity index (χ0) is 13.6. The molecule has 18 heavy (non-hydrogen) atoms. The summed E-state index contributed by atoms with van der Waals surface area (Å²) in [4.78, 5) is 2.46. The number of likely N-dealkylation sites (tertiary alicyclic amines) is 1. The van der Waals surface area contributed by atoms with Crippen LogP contribution >= 0.6 is 0 Å². The predicted octanol–water partition coefficient (Wildman–Crippen LogP) is 3.04. The fraction of sp³-hybridized carbons (Fsp3) is 1.00. The minimum atomic E-state index is -0.356. The molecule has 2 rings (SSSR count). The molecule has 0 amide bonds. The number of hydrogen-bond donors (Lipinski definition) is 0. The molecule has 0 unspecified atom stereocenters. The number of nitrogens with zero attached hydrogens (tertiary/aromatic N) is 1. The Morgan fingerprint density at radius 3 is 1.83 bits per heavy atom. The highest BCUT2D eigenvalue weighted by Crippen LogP contribution is 2.46. The SMILES string of the molecule is CCC1COC2(CC(C)(C)N(C)C(C)(C)C2)OC1. The summed E-state index contributed by atoms with van der Waals surface area (Å²) in [5, 5.41) is 0. The summed E-state index contributed by atoms with van der Waals surface area (Å²) in [6.07, 6.45) is 3.05. The highest BCUT2D eigenvalue weighted by Gasteiger charge is 2.53. The lowest BCUT2D eigenvalue weighted by molar-refractivity contribution is -0.325. The third-order valence-electron chi connectivity index (χ3n) is 4.96. The lowest BCUT2D eigenvalue weighted by atomic mass is 9.76. The van der Waals surface area contributed by atoms with Gasteiger partial charge in [0.1, 0.15) is 0 Å². The van der Waals surface area contributed by atoms with Crippen molar-refractivity contribution in [1.82, 2.24) is 4.90 Å². The monoisotopic (exact) mass is 255 g/mol. The van der Waals surface area contributed by atoms with Gasteiger partial charge in [-0.2, -0.15) is 0 Å². The van der Waals surface area contributed by atoms with Gasteiger partial charge in [0, 0.05) is 29.8 Å². The second-order valence-electron chi connectivity index (χ2n) is 7.34. The van der Waals surface area contributed by atoms with Crippen molar-refractivity contribution in [3.8, 4) is 0 Å². The molecule has 0 radical (unpaired) electrons. The highest BCUT2D eigenvalue weighted by molar-refractivity contribution is 5.03. The predicted molar refractivity (Wildman–Crippen MR) is 73.6 cm³/mol. The maximum absolute atomic E-state index is 6.18. The molecule has 0 aromatic heterocycles. The van der Waals surface area contributed by atoms with Crippen LogP contribution in [0.2, 0.25) is 0 Å². The fourth-order valence-corrected chi connectivity index (χ4v) is 3.51. The van der Waals surface area contributed by atoms with Crippen LogP contribution in [0.4, 0.5) is 0 Å². The van der Waals surface area contributed by atoms with Crippen LogP contribution < -0.4 is 0 Å². The maximum atomic E-state index is 6.18. The molecule has 0 bridgehead atoms. The highest BCUT2D eigenvalue weighted by atomic mass is 16.7. The summed E-state index contributed by atoms with van der Waals surface area (Å²) in [5.41, 5.74) is 0.224. The summed E-state index contributed by atoms with van der Waals surface area (Å²) in [6, 6.07) is 0. The average molecular weight is 255 g/mol. The molecule has 0 aromatic rings. The molecule has 0 N–H and O–H groups in total. The van der Waals surface area contributed by atoms with Crippen LogP contribution in [-0.2, 0) is 9.47 Å². The largest absolute Gasteiger partial charge is 0.349 e. The van der Waals surface area contributed by atoms with E-state index in [-0.39, 0.29) is 16.9 Å². The Balaban J connectivity index is 2.16. The summed E-state index contributed by atoms with van der Waals surface area (Å²) in [6.45, 7) is 13.1. The van der Waals surface area contributed by atoms with Crippen molar-refractivity contribution in [2.24, 2.45) is 5.92 Å². The van der Waals surface area contributed by atoms with E-state index in [0.717, 1.165) is 32.5 Å². The van der Waals surface area contributed by atoms with Crippen molar-refractivity contribution in [2.45, 2.75) is 70.7 Å². The third-order valence-corrected chi connectivity index (χ3v) is 4.96. The molecule has 0 saturated carbocycles. The van der Waals surface area contributed by atoms with Crippen LogP contribution in [0.5, 0.6) is 0 Å². The molecular weight excluding hydrogens is 226 g/mol. The molecular formula is C15H29NO2. The smallest absolute Gasteiger partial charge is 0.171 e. The van der Waals surface area contributed by atoms with Crippen molar-refractivity contribution >= 4 is 0 Å². The van der Waals surface area contributed by atoms with E-state index in [1.54, 1.807) is 0 Å². The maximum Gasteiger partial charge on any atom is 0.171 e. The molecule has 0 aromatic carbocycles. The quantitative estimate of drug-likeness (QED) is 0.719. The van der Waals surface area contributed by atoms with Gasteiger partial charge in [-0.25, -0.2) is 0 Å². The topological polar surface area (TPSA) is 21.7 Å². The van der Waals surface area contributed by atoms with Crippen LogP contribution in [0.1, 0.15) is 53.9 Å². The first-order valence-corrected chi connectivity index (χ1v) is 7.23. The van der Waals surface area contributed by atoms with E-state index in [2.05, 4.69) is 46.6 Å². The third kappa shape index (κ3) is 2.45. The molecule has 3 heteroatoms. The van der Waals surface area contributed by atoms with E-state index < -0.39 is 0 Å². The zero-order valence-corrected chi connectivity index (χ0v) is 12.9. The Morgan fingerprint density at radius 1 is 1.00 bits per heavy atom. The van der Waals surface area contributed by atoms with Gasteiger partial charge < -0.3 is 9.47 Å². The first-order chi connectivity index (χ1) is 8.21. The van der Waals surface area contributed by atoms with Crippen molar-refractivity contribution in [1.29, 1.82) is 0 Å². The second-order valence-corrected chi connectivity index (χ2v) is 7.34. The number of rotatable bonds is 1. The molecule has 0 aliphatic carbocycles. The van der Waals surface area contributed by atoms with E-state index in [9.17, 15) is 0 Å². The molecule has 3 nitrogen and oxygen atoms in total.